The summed E-state index contributed by atoms with van der Waals surface area (Å²) in [5, 5.41) is 14.9. The van der Waals surface area contributed by atoms with E-state index in [9.17, 15) is 14.3 Å². The summed E-state index contributed by atoms with van der Waals surface area (Å²) < 4.78 is 18.5. The van der Waals surface area contributed by atoms with E-state index in [1.807, 2.05) is 29.6 Å². The Bertz CT molecular complexity index is 861. The van der Waals surface area contributed by atoms with Crippen LogP contribution in [0.2, 0.25) is 0 Å². The second kappa shape index (κ2) is 7.77. The molecule has 2 aromatic heterocycles. The maximum atomic E-state index is 13.7. The first kappa shape index (κ1) is 17.6. The highest BCUT2D eigenvalue weighted by atomic mass is 32.1. The normalized spacial score (nSPS) is 12.0. The van der Waals surface area contributed by atoms with Crippen LogP contribution >= 0.6 is 22.7 Å². The van der Waals surface area contributed by atoms with Crippen molar-refractivity contribution < 1.29 is 19.0 Å². The lowest BCUT2D eigenvalue weighted by molar-refractivity contribution is 0.0917. The summed E-state index contributed by atoms with van der Waals surface area (Å²) in [7, 11) is 1.36. The van der Waals surface area contributed by atoms with Crippen LogP contribution < -0.4 is 10.1 Å². The molecule has 130 valence electrons. The number of ether oxygens (including phenoxy) is 1. The zero-order valence-corrected chi connectivity index (χ0v) is 15.0. The molecule has 0 fully saturated rings. The number of aliphatic hydroxyl groups is 1. The van der Waals surface area contributed by atoms with Gasteiger partial charge in [-0.25, -0.2) is 4.39 Å². The molecule has 0 aliphatic rings. The van der Waals surface area contributed by atoms with Crippen LogP contribution in [0.1, 0.15) is 21.3 Å². The maximum Gasteiger partial charge on any atom is 0.251 e. The van der Waals surface area contributed by atoms with E-state index in [2.05, 4.69) is 5.32 Å². The predicted molar refractivity (Wildman–Crippen MR) is 97.9 cm³/mol. The van der Waals surface area contributed by atoms with Crippen LogP contribution in [-0.2, 0) is 0 Å². The van der Waals surface area contributed by atoms with Gasteiger partial charge in [0.15, 0.2) is 11.6 Å². The Kier molecular flexibility index (Phi) is 5.47. The Balaban J connectivity index is 1.61. The van der Waals surface area contributed by atoms with Gasteiger partial charge >= 0.3 is 0 Å². The van der Waals surface area contributed by atoms with Gasteiger partial charge in [-0.05, 0) is 41.8 Å². The van der Waals surface area contributed by atoms with E-state index in [4.69, 9.17) is 4.74 Å². The Hall–Kier alpha value is -2.22. The summed E-state index contributed by atoms with van der Waals surface area (Å²) in [6, 6.07) is 11.8. The standard InChI is InChI=1S/C18H16FNO3S2/c1-23-14-5-4-11(9-12(14)19)18(22)20-10-13(21)15-6-7-17(25-15)16-3-2-8-24-16/h2-9,13,21H,10H2,1H3,(H,20,22)/t13-/m0/s1. The van der Waals surface area contributed by atoms with Gasteiger partial charge in [0.25, 0.3) is 5.91 Å². The van der Waals surface area contributed by atoms with Crippen LogP contribution in [0.4, 0.5) is 4.39 Å². The molecule has 1 atom stereocenters. The van der Waals surface area contributed by atoms with Crippen LogP contribution in [0.25, 0.3) is 9.75 Å². The van der Waals surface area contributed by atoms with Gasteiger partial charge in [0, 0.05) is 26.7 Å². The van der Waals surface area contributed by atoms with Gasteiger partial charge in [-0.1, -0.05) is 6.07 Å². The van der Waals surface area contributed by atoms with Gasteiger partial charge in [0.2, 0.25) is 0 Å². The van der Waals surface area contributed by atoms with Crippen LogP contribution in [0.5, 0.6) is 5.75 Å². The summed E-state index contributed by atoms with van der Waals surface area (Å²) in [6.45, 7) is 0.0525. The molecule has 1 aromatic carbocycles. The van der Waals surface area contributed by atoms with Gasteiger partial charge in [0.1, 0.15) is 6.10 Å². The third kappa shape index (κ3) is 4.07. The first-order chi connectivity index (χ1) is 12.1. The smallest absolute Gasteiger partial charge is 0.251 e. The molecule has 7 heteroatoms. The van der Waals surface area contributed by atoms with Crippen LogP contribution in [0, 0.1) is 5.82 Å². The molecule has 0 aliphatic heterocycles. The molecule has 0 saturated carbocycles. The molecule has 0 spiro atoms. The van der Waals surface area contributed by atoms with E-state index in [-0.39, 0.29) is 17.9 Å². The lowest BCUT2D eigenvalue weighted by Crippen LogP contribution is -2.28. The van der Waals surface area contributed by atoms with Gasteiger partial charge in [-0.15, -0.1) is 22.7 Å². The van der Waals surface area contributed by atoms with Crippen LogP contribution in [0.15, 0.2) is 47.8 Å². The van der Waals surface area contributed by atoms with Crippen molar-refractivity contribution in [1.29, 1.82) is 0 Å². The molecular formula is C18H16FNO3S2. The average Bonchev–Trinajstić information content (AvgIpc) is 3.30. The van der Waals surface area contributed by atoms with E-state index < -0.39 is 17.8 Å². The number of rotatable bonds is 6. The average molecular weight is 377 g/mol. The molecule has 3 rings (SSSR count). The second-order valence-electron chi connectivity index (χ2n) is 5.25. The number of aliphatic hydroxyl groups excluding tert-OH is 1. The van der Waals surface area contributed by atoms with Crippen molar-refractivity contribution in [2.24, 2.45) is 0 Å². The number of hydrogen-bond acceptors (Lipinski definition) is 5. The van der Waals surface area contributed by atoms with Crippen molar-refractivity contribution in [3.8, 4) is 15.5 Å². The monoisotopic (exact) mass is 377 g/mol. The van der Waals surface area contributed by atoms with Crippen molar-refractivity contribution in [1.82, 2.24) is 5.32 Å². The van der Waals surface area contributed by atoms with Gasteiger partial charge < -0.3 is 15.2 Å². The van der Waals surface area contributed by atoms with E-state index in [0.29, 0.717) is 0 Å². The SMILES string of the molecule is COc1ccc(C(=O)NC[C@H](O)c2ccc(-c3cccs3)s2)cc1F. The summed E-state index contributed by atoms with van der Waals surface area (Å²) >= 11 is 3.12. The summed E-state index contributed by atoms with van der Waals surface area (Å²) in [5.41, 5.74) is 0.177. The molecule has 0 saturated heterocycles. The molecule has 25 heavy (non-hydrogen) atoms. The molecule has 0 aliphatic carbocycles. The van der Waals surface area contributed by atoms with Crippen molar-refractivity contribution in [2.75, 3.05) is 13.7 Å². The molecule has 0 bridgehead atoms. The Labute approximate surface area is 152 Å². The predicted octanol–water partition coefficient (Wildman–Crippen LogP) is 4.09. The number of hydrogen-bond donors (Lipinski definition) is 2. The minimum atomic E-state index is -0.814. The molecule has 0 unspecified atom stereocenters. The molecule has 1 amide bonds. The van der Waals surface area contributed by atoms with Crippen molar-refractivity contribution in [2.45, 2.75) is 6.10 Å². The van der Waals surface area contributed by atoms with Crippen LogP contribution in [0.3, 0.4) is 0 Å². The minimum Gasteiger partial charge on any atom is -0.494 e. The highest BCUT2D eigenvalue weighted by Crippen LogP contribution is 2.33. The summed E-state index contributed by atoms with van der Waals surface area (Å²) in [4.78, 5) is 15.1. The Morgan fingerprint density at radius 1 is 1.28 bits per heavy atom. The van der Waals surface area contributed by atoms with Gasteiger partial charge in [-0.3, -0.25) is 4.79 Å². The zero-order valence-electron chi connectivity index (χ0n) is 13.4. The second-order valence-corrected chi connectivity index (χ2v) is 7.32. The fourth-order valence-corrected chi connectivity index (χ4v) is 4.11. The minimum absolute atomic E-state index is 0.0525. The Morgan fingerprint density at radius 2 is 2.12 bits per heavy atom. The lowest BCUT2D eigenvalue weighted by atomic mass is 10.2. The van der Waals surface area contributed by atoms with Crippen molar-refractivity contribution in [3.63, 3.8) is 0 Å². The molecular weight excluding hydrogens is 361 g/mol. The fourth-order valence-electron chi connectivity index (χ4n) is 2.28. The van der Waals surface area contributed by atoms with E-state index >= 15 is 0 Å². The number of thiophene rings is 2. The highest BCUT2D eigenvalue weighted by Gasteiger charge is 2.15. The highest BCUT2D eigenvalue weighted by molar-refractivity contribution is 7.21. The number of nitrogens with one attached hydrogen (secondary N) is 1. The number of halogens is 1. The Morgan fingerprint density at radius 3 is 2.80 bits per heavy atom. The number of carbonyl (C=O) groups excluding carboxylic acids is 1. The molecule has 2 heterocycles. The van der Waals surface area contributed by atoms with Crippen molar-refractivity contribution in [3.05, 3.63) is 64.1 Å². The third-order valence-electron chi connectivity index (χ3n) is 3.59. The number of carbonyl (C=O) groups is 1. The lowest BCUT2D eigenvalue weighted by Gasteiger charge is -2.11. The van der Waals surface area contributed by atoms with Crippen LogP contribution in [-0.4, -0.2) is 24.7 Å². The van der Waals surface area contributed by atoms with E-state index in [1.165, 1.54) is 30.6 Å². The maximum absolute atomic E-state index is 13.7. The topological polar surface area (TPSA) is 58.6 Å². The van der Waals surface area contributed by atoms with Crippen molar-refractivity contribution >= 4 is 28.6 Å². The van der Waals surface area contributed by atoms with E-state index in [0.717, 1.165) is 20.7 Å². The molecule has 3 aromatic rings. The molecule has 0 radical (unpaired) electrons. The third-order valence-corrected chi connectivity index (χ3v) is 5.84. The summed E-state index contributed by atoms with van der Waals surface area (Å²) in [6.07, 6.45) is -0.814. The first-order valence-corrected chi connectivity index (χ1v) is 9.21. The number of benzene rings is 1. The zero-order chi connectivity index (χ0) is 17.8. The van der Waals surface area contributed by atoms with E-state index in [1.54, 1.807) is 11.3 Å². The quantitative estimate of drug-likeness (QED) is 0.680. The first-order valence-electron chi connectivity index (χ1n) is 7.52. The number of methoxy groups -OCH3 is 1. The number of amides is 1. The molecule has 2 N–H and O–H groups in total. The molecule has 4 nitrogen and oxygen atoms in total. The largest absolute Gasteiger partial charge is 0.494 e. The summed E-state index contributed by atoms with van der Waals surface area (Å²) in [5.74, 6) is -0.971. The fraction of sp³-hybridized carbons (Fsp3) is 0.167. The van der Waals surface area contributed by atoms with Gasteiger partial charge in [-0.2, -0.15) is 0 Å². The van der Waals surface area contributed by atoms with Gasteiger partial charge in [0.05, 0.1) is 7.11 Å².